The fourth-order valence-electron chi connectivity index (χ4n) is 2.02. The molecule has 0 spiro atoms. The van der Waals surface area contributed by atoms with Gasteiger partial charge in [-0.3, -0.25) is 9.69 Å². The van der Waals surface area contributed by atoms with E-state index in [-0.39, 0.29) is 17.8 Å². The number of aliphatic hydroxyl groups excluding tert-OH is 1. The molecule has 1 rings (SSSR count). The smallest absolute Gasteiger partial charge is 0.223 e. The van der Waals surface area contributed by atoms with Gasteiger partial charge in [0.25, 0.3) is 0 Å². The van der Waals surface area contributed by atoms with Crippen molar-refractivity contribution in [1.29, 1.82) is 0 Å². The molecule has 0 unspecified atom stereocenters. The highest BCUT2D eigenvalue weighted by atomic mass is 16.3. The van der Waals surface area contributed by atoms with Crippen LogP contribution in [0.25, 0.3) is 0 Å². The Balaban J connectivity index is 3.02. The van der Waals surface area contributed by atoms with Crippen LogP contribution >= 0.6 is 0 Å². The average molecular weight is 268 g/mol. The highest BCUT2D eigenvalue weighted by molar-refractivity contribution is 5.20. The van der Waals surface area contributed by atoms with Gasteiger partial charge < -0.3 is 14.8 Å². The van der Waals surface area contributed by atoms with Crippen molar-refractivity contribution in [1.82, 2.24) is 9.47 Å². The second-order valence-electron chi connectivity index (χ2n) is 5.15. The van der Waals surface area contributed by atoms with Crippen LogP contribution in [0.5, 0.6) is 5.75 Å². The molecule has 0 aliphatic heterocycles. The lowest BCUT2D eigenvalue weighted by Gasteiger charge is -2.23. The molecule has 5 nitrogen and oxygen atoms in total. The number of aromatic hydroxyl groups is 1. The molecule has 0 saturated carbocycles. The van der Waals surface area contributed by atoms with E-state index in [4.69, 9.17) is 5.11 Å². The van der Waals surface area contributed by atoms with Crippen molar-refractivity contribution in [3.63, 3.8) is 0 Å². The predicted octanol–water partition coefficient (Wildman–Crippen LogP) is 1.02. The van der Waals surface area contributed by atoms with Crippen LogP contribution < -0.4 is 5.43 Å². The highest BCUT2D eigenvalue weighted by Crippen LogP contribution is 2.11. The molecule has 108 valence electrons. The summed E-state index contributed by atoms with van der Waals surface area (Å²) in [6, 6.07) is 1.48. The fourth-order valence-corrected chi connectivity index (χ4v) is 2.02. The topological polar surface area (TPSA) is 65.7 Å². The third kappa shape index (κ3) is 4.69. The van der Waals surface area contributed by atoms with Crippen LogP contribution in [0.1, 0.15) is 26.5 Å². The van der Waals surface area contributed by atoms with Crippen molar-refractivity contribution in [2.75, 3.05) is 19.7 Å². The van der Waals surface area contributed by atoms with E-state index in [0.29, 0.717) is 19.0 Å². The van der Waals surface area contributed by atoms with E-state index >= 15 is 0 Å². The Kier molecular flexibility index (Phi) is 6.05. The average Bonchev–Trinajstić information content (AvgIpc) is 2.34. The normalized spacial score (nSPS) is 11.5. The van der Waals surface area contributed by atoms with Gasteiger partial charge in [-0.05, 0) is 12.5 Å². The molecule has 0 saturated heterocycles. The van der Waals surface area contributed by atoms with Crippen LogP contribution in [0.15, 0.2) is 17.1 Å². The molecule has 0 atom stereocenters. The first kappa shape index (κ1) is 15.7. The summed E-state index contributed by atoms with van der Waals surface area (Å²) in [5.74, 6) is 0.211. The molecule has 0 radical (unpaired) electrons. The third-order valence-electron chi connectivity index (χ3n) is 3.01. The first-order valence-corrected chi connectivity index (χ1v) is 6.73. The minimum absolute atomic E-state index is 0.0976. The lowest BCUT2D eigenvalue weighted by atomic mass is 10.2. The largest absolute Gasteiger partial charge is 0.503 e. The van der Waals surface area contributed by atoms with E-state index in [2.05, 4.69) is 18.7 Å². The SMILES string of the molecule is CCN(CCO)Cc1cc(=O)c(O)cn1CC(C)C. The summed E-state index contributed by atoms with van der Waals surface area (Å²) in [4.78, 5) is 13.6. The molecule has 5 heteroatoms. The fraction of sp³-hybridized carbons (Fsp3) is 0.643. The van der Waals surface area contributed by atoms with Crippen LogP contribution in [0, 0.1) is 5.92 Å². The van der Waals surface area contributed by atoms with Crippen LogP contribution in [-0.4, -0.2) is 39.4 Å². The summed E-state index contributed by atoms with van der Waals surface area (Å²) in [5.41, 5.74) is 0.516. The second-order valence-corrected chi connectivity index (χ2v) is 5.15. The lowest BCUT2D eigenvalue weighted by Crippen LogP contribution is -2.29. The minimum Gasteiger partial charge on any atom is -0.503 e. The van der Waals surface area contributed by atoms with Crippen LogP contribution in [0.4, 0.5) is 0 Å². The number of aliphatic hydroxyl groups is 1. The first-order chi connectivity index (χ1) is 8.97. The van der Waals surface area contributed by atoms with E-state index < -0.39 is 0 Å². The lowest BCUT2D eigenvalue weighted by molar-refractivity contribution is 0.193. The van der Waals surface area contributed by atoms with Gasteiger partial charge in [0, 0.05) is 31.4 Å². The maximum atomic E-state index is 11.6. The third-order valence-corrected chi connectivity index (χ3v) is 3.01. The predicted molar refractivity (Wildman–Crippen MR) is 75.2 cm³/mol. The number of rotatable bonds is 7. The van der Waals surface area contributed by atoms with E-state index in [1.165, 1.54) is 12.3 Å². The van der Waals surface area contributed by atoms with Gasteiger partial charge in [0.05, 0.1) is 12.8 Å². The van der Waals surface area contributed by atoms with Gasteiger partial charge >= 0.3 is 0 Å². The Morgan fingerprint density at radius 3 is 2.63 bits per heavy atom. The summed E-state index contributed by atoms with van der Waals surface area (Å²) in [5, 5.41) is 18.6. The van der Waals surface area contributed by atoms with Gasteiger partial charge in [0.1, 0.15) is 0 Å². The highest BCUT2D eigenvalue weighted by Gasteiger charge is 2.10. The molecule has 0 bridgehead atoms. The molecule has 1 aromatic rings. The van der Waals surface area contributed by atoms with Crippen molar-refractivity contribution in [2.24, 2.45) is 5.92 Å². The second kappa shape index (κ2) is 7.31. The van der Waals surface area contributed by atoms with E-state index in [1.807, 2.05) is 11.5 Å². The van der Waals surface area contributed by atoms with Gasteiger partial charge in [-0.1, -0.05) is 20.8 Å². The molecular formula is C14H24N2O3. The van der Waals surface area contributed by atoms with E-state index in [9.17, 15) is 9.90 Å². The quantitative estimate of drug-likeness (QED) is 0.775. The summed E-state index contributed by atoms with van der Waals surface area (Å²) in [7, 11) is 0. The van der Waals surface area contributed by atoms with Crippen molar-refractivity contribution < 1.29 is 10.2 Å². The zero-order valence-corrected chi connectivity index (χ0v) is 12.0. The molecule has 0 fully saturated rings. The molecule has 0 aliphatic rings. The summed E-state index contributed by atoms with van der Waals surface area (Å²) < 4.78 is 1.92. The summed E-state index contributed by atoms with van der Waals surface area (Å²) in [6.07, 6.45) is 1.50. The summed E-state index contributed by atoms with van der Waals surface area (Å²) >= 11 is 0. The minimum atomic E-state index is -0.352. The Morgan fingerprint density at radius 1 is 1.42 bits per heavy atom. The first-order valence-electron chi connectivity index (χ1n) is 6.73. The zero-order valence-electron chi connectivity index (χ0n) is 12.0. The van der Waals surface area contributed by atoms with Crippen LogP contribution in [0.2, 0.25) is 0 Å². The van der Waals surface area contributed by atoms with E-state index in [1.54, 1.807) is 0 Å². The van der Waals surface area contributed by atoms with Gasteiger partial charge in [0.2, 0.25) is 5.43 Å². The van der Waals surface area contributed by atoms with E-state index in [0.717, 1.165) is 18.8 Å². The molecule has 0 amide bonds. The van der Waals surface area contributed by atoms with Crippen LogP contribution in [-0.2, 0) is 13.1 Å². The standard InChI is InChI=1S/C14H24N2O3/c1-4-15(5-6-17)9-12-7-13(18)14(19)10-16(12)8-11(2)3/h7,10-11,17,19H,4-6,8-9H2,1-3H3. The Bertz CT molecular complexity index is 454. The van der Waals surface area contributed by atoms with Crippen molar-refractivity contribution in [3.05, 3.63) is 28.2 Å². The number of likely N-dealkylation sites (N-methyl/N-ethyl adjacent to an activating group) is 1. The van der Waals surface area contributed by atoms with Crippen molar-refractivity contribution >= 4 is 0 Å². The molecular weight excluding hydrogens is 244 g/mol. The molecule has 19 heavy (non-hydrogen) atoms. The molecule has 1 heterocycles. The zero-order chi connectivity index (χ0) is 14.4. The Labute approximate surface area is 114 Å². The number of aromatic nitrogens is 1. The number of hydrogen-bond donors (Lipinski definition) is 2. The molecule has 1 aromatic heterocycles. The molecule has 2 N–H and O–H groups in total. The van der Waals surface area contributed by atoms with Gasteiger partial charge in [-0.25, -0.2) is 0 Å². The Hall–Kier alpha value is -1.33. The van der Waals surface area contributed by atoms with Crippen molar-refractivity contribution in [2.45, 2.75) is 33.9 Å². The van der Waals surface area contributed by atoms with Crippen molar-refractivity contribution in [3.8, 4) is 5.75 Å². The van der Waals surface area contributed by atoms with Gasteiger partial charge in [0.15, 0.2) is 5.75 Å². The maximum Gasteiger partial charge on any atom is 0.223 e. The summed E-state index contributed by atoms with van der Waals surface area (Å²) in [6.45, 7) is 9.01. The van der Waals surface area contributed by atoms with Gasteiger partial charge in [-0.2, -0.15) is 0 Å². The number of nitrogens with zero attached hydrogens (tertiary/aromatic N) is 2. The number of hydrogen-bond acceptors (Lipinski definition) is 4. The number of pyridine rings is 1. The Morgan fingerprint density at radius 2 is 2.11 bits per heavy atom. The maximum absolute atomic E-state index is 11.6. The monoisotopic (exact) mass is 268 g/mol. The van der Waals surface area contributed by atoms with Gasteiger partial charge in [-0.15, -0.1) is 0 Å². The molecule has 0 aliphatic carbocycles. The molecule has 0 aromatic carbocycles. The van der Waals surface area contributed by atoms with Crippen LogP contribution in [0.3, 0.4) is 0 Å².